The minimum Gasteiger partial charge on any atom is -0.493 e. The number of anilines is 1. The number of carbonyl (C=O) groups excluding carboxylic acids is 1. The first-order valence-corrected chi connectivity index (χ1v) is 15.8. The van der Waals surface area contributed by atoms with E-state index in [1.807, 2.05) is 59.5 Å². The van der Waals surface area contributed by atoms with Crippen LogP contribution in [-0.4, -0.2) is 70.7 Å². The van der Waals surface area contributed by atoms with Crippen molar-refractivity contribution < 1.29 is 22.7 Å². The van der Waals surface area contributed by atoms with Gasteiger partial charge in [0.2, 0.25) is 0 Å². The van der Waals surface area contributed by atoms with Crippen molar-refractivity contribution in [1.29, 1.82) is 0 Å². The predicted octanol–water partition coefficient (Wildman–Crippen LogP) is 5.85. The van der Waals surface area contributed by atoms with Crippen LogP contribution in [0.15, 0.2) is 101 Å². The molecule has 0 atom stereocenters. The van der Waals surface area contributed by atoms with Gasteiger partial charge in [-0.2, -0.15) is 0 Å². The van der Waals surface area contributed by atoms with Crippen molar-refractivity contribution in [2.24, 2.45) is 4.99 Å². The number of piperazine rings is 1. The Morgan fingerprint density at radius 1 is 0.864 bits per heavy atom. The van der Waals surface area contributed by atoms with Gasteiger partial charge in [0, 0.05) is 55.8 Å². The lowest BCUT2D eigenvalue weighted by Gasteiger charge is -2.35. The van der Waals surface area contributed by atoms with Gasteiger partial charge in [0.15, 0.2) is 11.5 Å². The van der Waals surface area contributed by atoms with Gasteiger partial charge in [0.25, 0.3) is 15.9 Å². The number of nitrogens with one attached hydrogen (secondary N) is 1. The average molecular weight is 613 g/mol. The van der Waals surface area contributed by atoms with Crippen LogP contribution in [0.1, 0.15) is 22.8 Å². The van der Waals surface area contributed by atoms with Gasteiger partial charge < -0.3 is 14.4 Å². The van der Waals surface area contributed by atoms with E-state index in [0.717, 1.165) is 36.3 Å². The maximum Gasteiger partial charge on any atom is 0.264 e. The molecule has 0 spiro atoms. The highest BCUT2D eigenvalue weighted by Crippen LogP contribution is 2.36. The van der Waals surface area contributed by atoms with Crippen molar-refractivity contribution in [2.75, 3.05) is 45.1 Å². The van der Waals surface area contributed by atoms with Crippen LogP contribution < -0.4 is 14.2 Å². The lowest BCUT2D eigenvalue weighted by Crippen LogP contribution is -2.48. The summed E-state index contributed by atoms with van der Waals surface area (Å²) >= 11 is 0. The number of ether oxygens (including phenoxy) is 2. The zero-order chi connectivity index (χ0) is 31.1. The van der Waals surface area contributed by atoms with Crippen LogP contribution in [0, 0.1) is 0 Å². The third-order valence-electron chi connectivity index (χ3n) is 7.53. The van der Waals surface area contributed by atoms with E-state index in [4.69, 9.17) is 9.47 Å². The van der Waals surface area contributed by atoms with E-state index in [0.29, 0.717) is 41.5 Å². The third kappa shape index (κ3) is 6.93. The molecule has 1 aliphatic heterocycles. The Bertz CT molecular complexity index is 1730. The lowest BCUT2D eigenvalue weighted by molar-refractivity contribution is 0.0628. The molecule has 0 bridgehead atoms. The summed E-state index contributed by atoms with van der Waals surface area (Å²) in [6.45, 7) is 5.17. The molecule has 9 nitrogen and oxygen atoms in total. The topological polar surface area (TPSA) is 101 Å². The molecule has 44 heavy (non-hydrogen) atoms. The first-order valence-electron chi connectivity index (χ1n) is 14.4. The van der Waals surface area contributed by atoms with Gasteiger partial charge in [-0.3, -0.25) is 19.4 Å². The number of hydrogen-bond acceptors (Lipinski definition) is 7. The SMILES string of the molecule is CC=Nc1c(-c2ccccc2)cccc1S(=O)(=O)Nc1ccc(C(=O)N2CCN(Cc3ccc(OC)c(OC)c3)CC2)cc1. The van der Waals surface area contributed by atoms with Crippen LogP contribution >= 0.6 is 0 Å². The molecule has 0 unspecified atom stereocenters. The number of hydrogen-bond donors (Lipinski definition) is 1. The molecule has 10 heteroatoms. The summed E-state index contributed by atoms with van der Waals surface area (Å²) in [6, 6.07) is 27.1. The maximum atomic E-state index is 13.5. The highest BCUT2D eigenvalue weighted by Gasteiger charge is 2.24. The van der Waals surface area contributed by atoms with Crippen LogP contribution in [0.2, 0.25) is 0 Å². The number of sulfonamides is 1. The van der Waals surface area contributed by atoms with Gasteiger partial charge in [0.05, 0.1) is 19.9 Å². The standard InChI is InChI=1S/C34H36N4O5S/c1-4-35-33-29(26-9-6-5-7-10-26)11-8-12-32(33)44(40,41)36-28-16-14-27(15-17-28)34(39)38-21-19-37(20-22-38)24-25-13-18-30(42-2)31(23-25)43-3/h4-18,23,36H,19-22,24H2,1-3H3. The van der Waals surface area contributed by atoms with Gasteiger partial charge >= 0.3 is 0 Å². The number of carbonyl (C=O) groups is 1. The normalized spacial score (nSPS) is 14.0. The number of rotatable bonds is 10. The van der Waals surface area contributed by atoms with Gasteiger partial charge in [-0.05, 0) is 60.5 Å². The molecule has 0 radical (unpaired) electrons. The Morgan fingerprint density at radius 3 is 2.23 bits per heavy atom. The van der Waals surface area contributed by atoms with Crippen molar-refractivity contribution in [3.8, 4) is 22.6 Å². The fourth-order valence-electron chi connectivity index (χ4n) is 5.27. The number of aliphatic imine (C=N–C) groups is 1. The molecule has 1 N–H and O–H groups in total. The maximum absolute atomic E-state index is 13.5. The van der Waals surface area contributed by atoms with Gasteiger partial charge in [-0.25, -0.2) is 8.42 Å². The minimum absolute atomic E-state index is 0.0723. The molecule has 1 heterocycles. The molecule has 1 amide bonds. The van der Waals surface area contributed by atoms with E-state index < -0.39 is 10.0 Å². The predicted molar refractivity (Wildman–Crippen MR) is 174 cm³/mol. The number of nitrogens with zero attached hydrogens (tertiary/aromatic N) is 3. The van der Waals surface area contributed by atoms with E-state index in [1.165, 1.54) is 0 Å². The van der Waals surface area contributed by atoms with Crippen LogP contribution in [0.25, 0.3) is 11.1 Å². The summed E-state index contributed by atoms with van der Waals surface area (Å²) in [5, 5.41) is 0. The highest BCUT2D eigenvalue weighted by atomic mass is 32.2. The van der Waals surface area contributed by atoms with Crippen molar-refractivity contribution in [2.45, 2.75) is 18.4 Å². The van der Waals surface area contributed by atoms with Crippen LogP contribution in [-0.2, 0) is 16.6 Å². The second-order valence-corrected chi connectivity index (χ2v) is 12.0. The summed E-state index contributed by atoms with van der Waals surface area (Å²) in [4.78, 5) is 21.9. The number of methoxy groups -OCH3 is 2. The molecule has 0 aromatic heterocycles. The molecule has 4 aromatic carbocycles. The second-order valence-electron chi connectivity index (χ2n) is 10.3. The largest absolute Gasteiger partial charge is 0.493 e. The average Bonchev–Trinajstić information content (AvgIpc) is 3.05. The van der Waals surface area contributed by atoms with E-state index in [-0.39, 0.29) is 10.8 Å². The second kappa shape index (κ2) is 13.7. The summed E-state index contributed by atoms with van der Waals surface area (Å²) < 4.78 is 40.4. The fraction of sp³-hybridized carbons (Fsp3) is 0.235. The Balaban J connectivity index is 1.23. The molecule has 1 saturated heterocycles. The minimum atomic E-state index is -3.97. The monoisotopic (exact) mass is 612 g/mol. The van der Waals surface area contributed by atoms with Gasteiger partial charge in [0.1, 0.15) is 4.90 Å². The Kier molecular flexibility index (Phi) is 9.62. The van der Waals surface area contributed by atoms with E-state index in [9.17, 15) is 13.2 Å². The van der Waals surface area contributed by atoms with Crippen molar-refractivity contribution in [3.05, 3.63) is 102 Å². The van der Waals surface area contributed by atoms with E-state index >= 15 is 0 Å². The number of benzene rings is 4. The summed E-state index contributed by atoms with van der Waals surface area (Å²) in [5.41, 5.74) is 3.93. The Labute approximate surface area is 258 Å². The van der Waals surface area contributed by atoms with E-state index in [2.05, 4.69) is 14.6 Å². The first kappa shape index (κ1) is 30.8. The van der Waals surface area contributed by atoms with Crippen LogP contribution in [0.3, 0.4) is 0 Å². The van der Waals surface area contributed by atoms with Crippen LogP contribution in [0.4, 0.5) is 11.4 Å². The van der Waals surface area contributed by atoms with Crippen LogP contribution in [0.5, 0.6) is 11.5 Å². The summed E-state index contributed by atoms with van der Waals surface area (Å²) in [5.74, 6) is 1.30. The molecule has 1 aliphatic rings. The summed E-state index contributed by atoms with van der Waals surface area (Å²) in [6.07, 6.45) is 1.58. The molecule has 0 saturated carbocycles. The van der Waals surface area contributed by atoms with Crippen molar-refractivity contribution >= 4 is 33.5 Å². The molecular weight excluding hydrogens is 576 g/mol. The molecule has 4 aromatic rings. The zero-order valence-corrected chi connectivity index (χ0v) is 25.9. The lowest BCUT2D eigenvalue weighted by atomic mass is 10.0. The molecule has 0 aliphatic carbocycles. The Hall–Kier alpha value is -4.67. The fourth-order valence-corrected chi connectivity index (χ4v) is 6.50. The van der Waals surface area contributed by atoms with Gasteiger partial charge in [-0.15, -0.1) is 0 Å². The molecule has 228 valence electrons. The van der Waals surface area contributed by atoms with Crippen molar-refractivity contribution in [3.63, 3.8) is 0 Å². The smallest absolute Gasteiger partial charge is 0.264 e. The number of amides is 1. The quantitative estimate of drug-likeness (QED) is 0.226. The third-order valence-corrected chi connectivity index (χ3v) is 8.94. The van der Waals surface area contributed by atoms with Crippen molar-refractivity contribution in [1.82, 2.24) is 9.80 Å². The van der Waals surface area contributed by atoms with E-state index in [1.54, 1.807) is 63.8 Å². The summed E-state index contributed by atoms with van der Waals surface area (Å²) in [7, 11) is -0.733. The molecule has 5 rings (SSSR count). The molecular formula is C34H36N4O5S. The Morgan fingerprint density at radius 2 is 1.57 bits per heavy atom. The number of para-hydroxylation sites is 1. The molecule has 1 fully saturated rings. The highest BCUT2D eigenvalue weighted by molar-refractivity contribution is 7.92. The first-order chi connectivity index (χ1) is 21.3. The van der Waals surface area contributed by atoms with Gasteiger partial charge in [-0.1, -0.05) is 48.5 Å². The zero-order valence-electron chi connectivity index (χ0n) is 25.1.